The van der Waals surface area contributed by atoms with Crippen molar-refractivity contribution in [2.45, 2.75) is 0 Å². The Labute approximate surface area is 235 Å². The molecule has 41 heavy (non-hydrogen) atoms. The molecule has 0 saturated carbocycles. The van der Waals surface area contributed by atoms with Crippen molar-refractivity contribution < 1.29 is 0 Å². The highest BCUT2D eigenvalue weighted by molar-refractivity contribution is 6.12. The molecule has 5 nitrogen and oxygen atoms in total. The molecule has 5 aromatic carbocycles. The molecule has 0 aliphatic heterocycles. The number of hydrogen-bond donors (Lipinski definition) is 0. The quantitative estimate of drug-likeness (QED) is 0.232. The average Bonchev–Trinajstić information content (AvgIpc) is 3.71. The van der Waals surface area contributed by atoms with Crippen LogP contribution >= 0.6 is 0 Å². The Morgan fingerprint density at radius 1 is 0.439 bits per heavy atom. The summed E-state index contributed by atoms with van der Waals surface area (Å²) in [5, 5.41) is 10.7. The van der Waals surface area contributed by atoms with Crippen molar-refractivity contribution in [1.29, 1.82) is 0 Å². The first-order valence-corrected chi connectivity index (χ1v) is 13.8. The number of rotatable bonds is 3. The lowest BCUT2D eigenvalue weighted by molar-refractivity contribution is 0.911. The number of pyridine rings is 1. The van der Waals surface area contributed by atoms with E-state index < -0.39 is 0 Å². The zero-order valence-electron chi connectivity index (χ0n) is 22.0. The number of para-hydroxylation sites is 3. The number of benzene rings is 5. The number of fused-ring (bicyclic) bond motifs is 7. The second kappa shape index (κ2) is 8.41. The molecular weight excluding hydrogens is 502 g/mol. The maximum atomic E-state index is 4.74. The zero-order chi connectivity index (χ0) is 26.9. The summed E-state index contributed by atoms with van der Waals surface area (Å²) in [6.07, 6.45) is 3.78. The number of nitrogens with zero attached hydrogens (tertiary/aromatic N) is 5. The van der Waals surface area contributed by atoms with Gasteiger partial charge < -0.3 is 4.57 Å². The second-order valence-corrected chi connectivity index (χ2v) is 10.4. The summed E-state index contributed by atoms with van der Waals surface area (Å²) in [7, 11) is 0. The summed E-state index contributed by atoms with van der Waals surface area (Å²) in [6, 6.07) is 45.0. The highest BCUT2D eigenvalue weighted by atomic mass is 15.3. The Morgan fingerprint density at radius 2 is 1.02 bits per heavy atom. The summed E-state index contributed by atoms with van der Waals surface area (Å²) in [4.78, 5) is 4.73. The van der Waals surface area contributed by atoms with E-state index in [9.17, 15) is 0 Å². The van der Waals surface area contributed by atoms with Crippen LogP contribution < -0.4 is 0 Å². The van der Waals surface area contributed by atoms with Crippen LogP contribution in [0.5, 0.6) is 0 Å². The zero-order valence-corrected chi connectivity index (χ0v) is 22.0. The van der Waals surface area contributed by atoms with Crippen LogP contribution in [-0.2, 0) is 0 Å². The minimum atomic E-state index is 0.908. The van der Waals surface area contributed by atoms with Gasteiger partial charge in [0.1, 0.15) is 5.82 Å². The molecule has 5 heteroatoms. The van der Waals surface area contributed by atoms with Gasteiger partial charge in [-0.25, -0.2) is 9.67 Å². The molecule has 9 aromatic rings. The third-order valence-electron chi connectivity index (χ3n) is 8.17. The molecule has 0 bridgehead atoms. The van der Waals surface area contributed by atoms with Gasteiger partial charge >= 0.3 is 0 Å². The van der Waals surface area contributed by atoms with Crippen molar-refractivity contribution in [3.63, 3.8) is 0 Å². The molecule has 9 rings (SSSR count). The Morgan fingerprint density at radius 3 is 1.78 bits per heavy atom. The lowest BCUT2D eigenvalue weighted by Gasteiger charge is -2.11. The van der Waals surface area contributed by atoms with E-state index in [1.54, 1.807) is 0 Å². The predicted molar refractivity (Wildman–Crippen MR) is 168 cm³/mol. The molecule has 0 unspecified atom stereocenters. The highest BCUT2D eigenvalue weighted by Crippen LogP contribution is 2.37. The van der Waals surface area contributed by atoms with E-state index in [0.29, 0.717) is 0 Å². The van der Waals surface area contributed by atoms with Crippen molar-refractivity contribution in [2.24, 2.45) is 0 Å². The first kappa shape index (κ1) is 22.2. The molecule has 0 atom stereocenters. The third kappa shape index (κ3) is 3.17. The molecule has 0 spiro atoms. The van der Waals surface area contributed by atoms with Gasteiger partial charge in [0.05, 0.1) is 39.5 Å². The van der Waals surface area contributed by atoms with Gasteiger partial charge in [-0.1, -0.05) is 72.8 Å². The Hall–Kier alpha value is -5.68. The molecule has 0 N–H and O–H groups in total. The van der Waals surface area contributed by atoms with Crippen LogP contribution in [0.3, 0.4) is 0 Å². The fourth-order valence-corrected chi connectivity index (χ4v) is 6.38. The van der Waals surface area contributed by atoms with Gasteiger partial charge in [-0.3, -0.25) is 4.57 Å². The van der Waals surface area contributed by atoms with Crippen LogP contribution in [0.1, 0.15) is 0 Å². The maximum Gasteiger partial charge on any atom is 0.137 e. The standard InChI is InChI=1S/C36H23N5/c1-4-12-31-24(9-1)23-38-41(31)26-17-19-29-27-10-2-5-13-32(27)39(34(29)22-26)25-16-18-30-28-11-3-6-14-33(28)40(35(30)21-25)36-15-7-8-20-37-36/h1-23H. The minimum absolute atomic E-state index is 0.908. The van der Waals surface area contributed by atoms with E-state index >= 15 is 0 Å². The van der Waals surface area contributed by atoms with Crippen LogP contribution in [0, 0.1) is 0 Å². The molecule has 0 saturated heterocycles. The summed E-state index contributed by atoms with van der Waals surface area (Å²) >= 11 is 0. The summed E-state index contributed by atoms with van der Waals surface area (Å²) in [5.74, 6) is 0.908. The lowest BCUT2D eigenvalue weighted by Crippen LogP contribution is -1.99. The van der Waals surface area contributed by atoms with Crippen molar-refractivity contribution >= 4 is 54.5 Å². The summed E-state index contributed by atoms with van der Waals surface area (Å²) in [6.45, 7) is 0. The summed E-state index contributed by atoms with van der Waals surface area (Å²) < 4.78 is 6.67. The Bertz CT molecular complexity index is 2420. The third-order valence-corrected chi connectivity index (χ3v) is 8.17. The van der Waals surface area contributed by atoms with Gasteiger partial charge in [0, 0.05) is 38.8 Å². The van der Waals surface area contributed by atoms with Crippen LogP contribution in [0.15, 0.2) is 140 Å². The van der Waals surface area contributed by atoms with E-state index in [1.165, 1.54) is 27.1 Å². The van der Waals surface area contributed by atoms with Crippen LogP contribution in [-0.4, -0.2) is 23.9 Å². The van der Waals surface area contributed by atoms with E-state index in [0.717, 1.165) is 44.6 Å². The smallest absolute Gasteiger partial charge is 0.137 e. The Kier molecular flexibility index (Phi) is 4.55. The van der Waals surface area contributed by atoms with Crippen LogP contribution in [0.2, 0.25) is 0 Å². The van der Waals surface area contributed by atoms with Crippen molar-refractivity contribution in [3.05, 3.63) is 140 Å². The van der Waals surface area contributed by atoms with Gasteiger partial charge in [0.2, 0.25) is 0 Å². The molecule has 0 aliphatic carbocycles. The van der Waals surface area contributed by atoms with E-state index in [-0.39, 0.29) is 0 Å². The van der Waals surface area contributed by atoms with Gasteiger partial charge in [0.25, 0.3) is 0 Å². The fourth-order valence-electron chi connectivity index (χ4n) is 6.38. The van der Waals surface area contributed by atoms with Gasteiger partial charge in [0.15, 0.2) is 0 Å². The average molecular weight is 526 g/mol. The van der Waals surface area contributed by atoms with Crippen molar-refractivity contribution in [3.8, 4) is 17.2 Å². The fraction of sp³-hybridized carbons (Fsp3) is 0. The van der Waals surface area contributed by atoms with Crippen LogP contribution in [0.25, 0.3) is 71.7 Å². The predicted octanol–water partition coefficient (Wildman–Crippen LogP) is 8.61. The van der Waals surface area contributed by atoms with Gasteiger partial charge in [-0.2, -0.15) is 5.10 Å². The molecule has 4 heterocycles. The first-order chi connectivity index (χ1) is 20.3. The molecule has 4 aromatic heterocycles. The molecule has 0 radical (unpaired) electrons. The molecule has 0 fully saturated rings. The topological polar surface area (TPSA) is 40.6 Å². The monoisotopic (exact) mass is 525 g/mol. The molecule has 0 aliphatic rings. The first-order valence-electron chi connectivity index (χ1n) is 13.8. The Balaban J connectivity index is 1.35. The number of aromatic nitrogens is 5. The maximum absolute atomic E-state index is 4.74. The van der Waals surface area contributed by atoms with E-state index in [4.69, 9.17) is 10.1 Å². The summed E-state index contributed by atoms with van der Waals surface area (Å²) in [5.41, 5.74) is 7.82. The number of hydrogen-bond acceptors (Lipinski definition) is 2. The largest absolute Gasteiger partial charge is 0.309 e. The van der Waals surface area contributed by atoms with Gasteiger partial charge in [-0.15, -0.1) is 0 Å². The van der Waals surface area contributed by atoms with Crippen molar-refractivity contribution in [2.75, 3.05) is 0 Å². The molecular formula is C36H23N5. The van der Waals surface area contributed by atoms with Gasteiger partial charge in [-0.05, 0) is 54.6 Å². The normalized spacial score (nSPS) is 11.9. The highest BCUT2D eigenvalue weighted by Gasteiger charge is 2.17. The van der Waals surface area contributed by atoms with E-state index in [1.807, 2.05) is 29.2 Å². The minimum Gasteiger partial charge on any atom is -0.309 e. The van der Waals surface area contributed by atoms with E-state index in [2.05, 4.69) is 124 Å². The van der Waals surface area contributed by atoms with Crippen LogP contribution in [0.4, 0.5) is 0 Å². The van der Waals surface area contributed by atoms with Crippen molar-refractivity contribution in [1.82, 2.24) is 23.9 Å². The lowest BCUT2D eigenvalue weighted by atomic mass is 10.1. The second-order valence-electron chi connectivity index (χ2n) is 10.4. The molecule has 0 amide bonds. The molecule has 192 valence electrons. The SMILES string of the molecule is c1ccc(-n2c3ccccc3c3ccc(-n4c5ccccc5c5ccc(-n6ncc7ccccc76)cc54)cc32)nc1.